The fourth-order valence-electron chi connectivity index (χ4n) is 1.56. The average Bonchev–Trinajstić information content (AvgIpc) is 2.33. The Hall–Kier alpha value is -1.95. The zero-order valence-corrected chi connectivity index (χ0v) is 9.61. The summed E-state index contributed by atoms with van der Waals surface area (Å²) in [6.07, 6.45) is 0.167. The molecule has 0 aromatic heterocycles. The number of nitrogens with zero attached hydrogens (tertiary/aromatic N) is 2. The Balaban J connectivity index is 2.61. The maximum atomic E-state index is 11.4. The van der Waals surface area contributed by atoms with Crippen molar-refractivity contribution >= 4 is 40.3 Å². The number of carbonyl (C=O) groups excluding carboxylic acids is 1. The maximum absolute atomic E-state index is 11.4. The molecule has 2 rings (SSSR count). The number of halogens is 1. The molecule has 0 saturated heterocycles. The van der Waals surface area contributed by atoms with E-state index in [4.69, 9.17) is 11.6 Å². The van der Waals surface area contributed by atoms with Crippen molar-refractivity contribution in [1.29, 1.82) is 0 Å². The Kier molecular flexibility index (Phi) is 2.81. The van der Waals surface area contributed by atoms with Gasteiger partial charge < -0.3 is 5.32 Å². The van der Waals surface area contributed by atoms with Gasteiger partial charge in [0.2, 0.25) is 5.91 Å². The van der Waals surface area contributed by atoms with Gasteiger partial charge in [-0.1, -0.05) is 11.6 Å². The van der Waals surface area contributed by atoms with E-state index in [1.165, 1.54) is 12.1 Å². The van der Waals surface area contributed by atoms with E-state index in [0.29, 0.717) is 17.1 Å². The molecule has 1 aliphatic rings. The van der Waals surface area contributed by atoms with Gasteiger partial charge in [-0.3, -0.25) is 19.9 Å². The molecule has 1 aromatic carbocycles. The molecule has 1 heterocycles. The molecule has 7 heteroatoms. The van der Waals surface area contributed by atoms with Crippen LogP contribution in [-0.4, -0.2) is 16.5 Å². The van der Waals surface area contributed by atoms with Crippen LogP contribution in [0.3, 0.4) is 0 Å². The van der Waals surface area contributed by atoms with Crippen molar-refractivity contribution in [3.05, 3.63) is 27.3 Å². The summed E-state index contributed by atoms with van der Waals surface area (Å²) in [6.45, 7) is 1.69. The zero-order chi connectivity index (χ0) is 12.6. The quantitative estimate of drug-likeness (QED) is 0.617. The van der Waals surface area contributed by atoms with E-state index in [-0.39, 0.29) is 23.0 Å². The molecule has 0 atom stereocenters. The topological polar surface area (TPSA) is 84.6 Å². The van der Waals surface area contributed by atoms with Crippen LogP contribution in [0.4, 0.5) is 17.1 Å². The predicted octanol–water partition coefficient (Wildman–Crippen LogP) is 2.68. The van der Waals surface area contributed by atoms with E-state index in [0.717, 1.165) is 0 Å². The van der Waals surface area contributed by atoms with Crippen LogP contribution < -0.4 is 5.32 Å². The Morgan fingerprint density at radius 2 is 2.24 bits per heavy atom. The van der Waals surface area contributed by atoms with Gasteiger partial charge in [-0.25, -0.2) is 0 Å². The van der Waals surface area contributed by atoms with Crippen molar-refractivity contribution in [2.24, 2.45) is 4.99 Å². The lowest BCUT2D eigenvalue weighted by molar-refractivity contribution is -0.384. The van der Waals surface area contributed by atoms with Gasteiger partial charge in [-0.05, 0) is 13.0 Å². The van der Waals surface area contributed by atoms with Crippen LogP contribution >= 0.6 is 11.6 Å². The molecule has 0 saturated carbocycles. The smallest absolute Gasteiger partial charge is 0.290 e. The predicted molar refractivity (Wildman–Crippen MR) is 64.1 cm³/mol. The summed E-state index contributed by atoms with van der Waals surface area (Å²) in [5.41, 5.74) is 1.11. The monoisotopic (exact) mass is 253 g/mol. The van der Waals surface area contributed by atoms with E-state index in [2.05, 4.69) is 10.3 Å². The van der Waals surface area contributed by atoms with E-state index in [9.17, 15) is 14.9 Å². The lowest BCUT2D eigenvalue weighted by Crippen LogP contribution is -2.12. The summed E-state index contributed by atoms with van der Waals surface area (Å²) >= 11 is 5.75. The third-order valence-corrected chi connectivity index (χ3v) is 2.57. The first kappa shape index (κ1) is 11.5. The number of anilines is 1. The molecule has 0 radical (unpaired) electrons. The third kappa shape index (κ3) is 2.26. The minimum absolute atomic E-state index is 0.0243. The van der Waals surface area contributed by atoms with Crippen LogP contribution in [0.2, 0.25) is 5.02 Å². The molecular formula is C10H8ClN3O3. The molecule has 0 spiro atoms. The number of carbonyl (C=O) groups is 1. The molecule has 1 aliphatic heterocycles. The molecular weight excluding hydrogens is 246 g/mol. The van der Waals surface area contributed by atoms with E-state index in [1.54, 1.807) is 6.92 Å². The summed E-state index contributed by atoms with van der Waals surface area (Å²) < 4.78 is 0. The number of nitrogens with one attached hydrogen (secondary N) is 1. The van der Waals surface area contributed by atoms with Crippen molar-refractivity contribution < 1.29 is 9.72 Å². The average molecular weight is 254 g/mol. The van der Waals surface area contributed by atoms with Crippen LogP contribution in [-0.2, 0) is 4.79 Å². The minimum atomic E-state index is -0.583. The van der Waals surface area contributed by atoms with Crippen molar-refractivity contribution in [2.45, 2.75) is 13.3 Å². The number of hydrogen-bond acceptors (Lipinski definition) is 4. The lowest BCUT2D eigenvalue weighted by Gasteiger charge is -2.05. The number of amides is 1. The Morgan fingerprint density at radius 1 is 1.53 bits per heavy atom. The highest BCUT2D eigenvalue weighted by molar-refractivity contribution is 6.33. The van der Waals surface area contributed by atoms with Crippen molar-refractivity contribution in [3.63, 3.8) is 0 Å². The molecule has 0 bridgehead atoms. The number of nitro benzene ring substituents is 1. The fourth-order valence-corrected chi connectivity index (χ4v) is 1.79. The second kappa shape index (κ2) is 4.14. The molecule has 6 nitrogen and oxygen atoms in total. The summed E-state index contributed by atoms with van der Waals surface area (Å²) in [5.74, 6) is -0.213. The van der Waals surface area contributed by atoms with Crippen LogP contribution in [0, 0.1) is 10.1 Å². The van der Waals surface area contributed by atoms with Gasteiger partial charge >= 0.3 is 0 Å². The molecule has 1 aromatic rings. The SMILES string of the molecule is CC1=Nc2cc([N+](=O)[O-])c(Cl)cc2NC(=O)C1. The number of hydrogen-bond donors (Lipinski definition) is 1. The summed E-state index contributed by atoms with van der Waals surface area (Å²) in [4.78, 5) is 25.7. The highest BCUT2D eigenvalue weighted by Crippen LogP contribution is 2.37. The van der Waals surface area contributed by atoms with Crippen molar-refractivity contribution in [1.82, 2.24) is 0 Å². The summed E-state index contributed by atoms with van der Waals surface area (Å²) in [7, 11) is 0. The maximum Gasteiger partial charge on any atom is 0.290 e. The molecule has 0 aliphatic carbocycles. The van der Waals surface area contributed by atoms with E-state index >= 15 is 0 Å². The number of nitro groups is 1. The van der Waals surface area contributed by atoms with E-state index in [1.807, 2.05) is 0 Å². The van der Waals surface area contributed by atoms with Gasteiger partial charge in [-0.15, -0.1) is 0 Å². The van der Waals surface area contributed by atoms with Gasteiger partial charge in [0.05, 0.1) is 22.7 Å². The first-order valence-corrected chi connectivity index (χ1v) is 5.17. The first-order chi connectivity index (χ1) is 7.97. The van der Waals surface area contributed by atoms with Crippen LogP contribution in [0.15, 0.2) is 17.1 Å². The molecule has 0 fully saturated rings. The zero-order valence-electron chi connectivity index (χ0n) is 8.86. The van der Waals surface area contributed by atoms with Gasteiger partial charge in [-0.2, -0.15) is 0 Å². The molecule has 1 N–H and O–H groups in total. The number of fused-ring (bicyclic) bond motifs is 1. The van der Waals surface area contributed by atoms with Gasteiger partial charge in [0, 0.05) is 11.8 Å². The number of rotatable bonds is 1. The van der Waals surface area contributed by atoms with Crippen molar-refractivity contribution in [2.75, 3.05) is 5.32 Å². The van der Waals surface area contributed by atoms with Crippen LogP contribution in [0.5, 0.6) is 0 Å². The van der Waals surface area contributed by atoms with E-state index < -0.39 is 4.92 Å². The summed E-state index contributed by atoms with van der Waals surface area (Å²) in [6, 6.07) is 2.60. The van der Waals surface area contributed by atoms with Crippen LogP contribution in [0.25, 0.3) is 0 Å². The van der Waals surface area contributed by atoms with Gasteiger partial charge in [0.15, 0.2) is 0 Å². The number of benzene rings is 1. The molecule has 88 valence electrons. The Bertz CT molecular complexity index is 554. The second-order valence-electron chi connectivity index (χ2n) is 3.65. The largest absolute Gasteiger partial charge is 0.324 e. The number of aliphatic imine (C=N–C) groups is 1. The minimum Gasteiger partial charge on any atom is -0.324 e. The molecule has 1 amide bonds. The highest BCUT2D eigenvalue weighted by atomic mass is 35.5. The van der Waals surface area contributed by atoms with Gasteiger partial charge in [0.25, 0.3) is 5.69 Å². The lowest BCUT2D eigenvalue weighted by atomic mass is 10.2. The molecule has 17 heavy (non-hydrogen) atoms. The molecule has 0 unspecified atom stereocenters. The fraction of sp³-hybridized carbons (Fsp3) is 0.200. The summed E-state index contributed by atoms with van der Waals surface area (Å²) in [5, 5.41) is 13.3. The third-order valence-electron chi connectivity index (χ3n) is 2.26. The Labute approximate surface area is 101 Å². The standard InChI is InChI=1S/C10H8ClN3O3/c1-5-2-10(15)13-7-3-6(11)9(14(16)17)4-8(7)12-5/h3-4H,2H2,1H3,(H,13,15). The normalized spacial score (nSPS) is 14.5. The highest BCUT2D eigenvalue weighted by Gasteiger charge is 2.20. The Morgan fingerprint density at radius 3 is 2.88 bits per heavy atom. The van der Waals surface area contributed by atoms with Crippen LogP contribution in [0.1, 0.15) is 13.3 Å². The van der Waals surface area contributed by atoms with Crippen molar-refractivity contribution in [3.8, 4) is 0 Å². The van der Waals surface area contributed by atoms with Gasteiger partial charge in [0.1, 0.15) is 5.02 Å². The first-order valence-electron chi connectivity index (χ1n) is 4.79. The second-order valence-corrected chi connectivity index (χ2v) is 4.06.